The molecule has 0 aliphatic heterocycles. The van der Waals surface area contributed by atoms with Gasteiger partial charge in [-0.1, -0.05) is 91.1 Å². The highest BCUT2D eigenvalue weighted by atomic mass is 15.0. The van der Waals surface area contributed by atoms with Crippen molar-refractivity contribution in [3.8, 4) is 5.69 Å². The average molecular weight is 569 g/mol. The summed E-state index contributed by atoms with van der Waals surface area (Å²) in [7, 11) is 0. The van der Waals surface area contributed by atoms with Crippen LogP contribution in [0.15, 0.2) is 109 Å². The van der Waals surface area contributed by atoms with Crippen molar-refractivity contribution in [1.29, 1.82) is 0 Å². The highest BCUT2D eigenvalue weighted by molar-refractivity contribution is 5.94. The number of nitrogens with zero attached hydrogens (tertiary/aromatic N) is 2. The van der Waals surface area contributed by atoms with E-state index < -0.39 is 0 Å². The van der Waals surface area contributed by atoms with E-state index in [9.17, 15) is 0 Å². The number of para-hydroxylation sites is 1. The molecule has 2 heteroatoms. The van der Waals surface area contributed by atoms with Crippen LogP contribution in [-0.2, 0) is 12.8 Å². The molecule has 0 bridgehead atoms. The van der Waals surface area contributed by atoms with E-state index in [1.165, 1.54) is 72.8 Å². The van der Waals surface area contributed by atoms with Crippen molar-refractivity contribution >= 4 is 40.4 Å². The Morgan fingerprint density at radius 3 is 2.34 bits per heavy atom. The summed E-state index contributed by atoms with van der Waals surface area (Å²) >= 11 is 0. The average Bonchev–Trinajstić information content (AvgIpc) is 3.62. The van der Waals surface area contributed by atoms with Crippen LogP contribution in [0.3, 0.4) is 0 Å². The molecule has 0 saturated heterocycles. The Morgan fingerprint density at radius 1 is 0.659 bits per heavy atom. The summed E-state index contributed by atoms with van der Waals surface area (Å²) in [5.41, 5.74) is 16.8. The Morgan fingerprint density at radius 2 is 1.45 bits per heavy atom. The molecule has 0 saturated carbocycles. The molecule has 9 rings (SSSR count). The van der Waals surface area contributed by atoms with Crippen molar-refractivity contribution in [2.45, 2.75) is 50.9 Å². The normalized spacial score (nSPS) is 18.5. The van der Waals surface area contributed by atoms with Crippen molar-refractivity contribution in [3.05, 3.63) is 154 Å². The first kappa shape index (κ1) is 25.7. The molecule has 214 valence electrons. The number of benzene rings is 3. The summed E-state index contributed by atoms with van der Waals surface area (Å²) in [6, 6.07) is 29.1. The van der Waals surface area contributed by atoms with E-state index in [1.807, 2.05) is 0 Å². The molecular formula is C42H36N2. The molecule has 0 radical (unpaired) electrons. The van der Waals surface area contributed by atoms with Gasteiger partial charge in [-0.2, -0.15) is 0 Å². The fraction of sp³-hybridized carbons (Fsp3) is 0.190. The lowest BCUT2D eigenvalue weighted by molar-refractivity contribution is 0.750. The van der Waals surface area contributed by atoms with Gasteiger partial charge in [0.05, 0.1) is 5.52 Å². The summed E-state index contributed by atoms with van der Waals surface area (Å²) in [6.07, 6.45) is 26.8. The maximum Gasteiger partial charge on any atom is 0.0537 e. The molecule has 1 atom stereocenters. The monoisotopic (exact) mass is 568 g/mol. The lowest BCUT2D eigenvalue weighted by Gasteiger charge is -2.26. The van der Waals surface area contributed by atoms with Gasteiger partial charge in [-0.3, -0.25) is 0 Å². The number of fused-ring (bicyclic) bond motifs is 6. The molecular weight excluding hydrogens is 532 g/mol. The molecule has 3 aromatic carbocycles. The van der Waals surface area contributed by atoms with Gasteiger partial charge < -0.3 is 9.13 Å². The van der Waals surface area contributed by atoms with Crippen LogP contribution in [-0.4, -0.2) is 9.13 Å². The minimum absolute atomic E-state index is 0.314. The number of hydrogen-bond donors (Lipinski definition) is 0. The third-order valence-electron chi connectivity index (χ3n) is 10.1. The van der Waals surface area contributed by atoms with E-state index >= 15 is 0 Å². The van der Waals surface area contributed by atoms with Crippen LogP contribution in [0.25, 0.3) is 46.1 Å². The second-order valence-electron chi connectivity index (χ2n) is 12.6. The van der Waals surface area contributed by atoms with Gasteiger partial charge in [0.2, 0.25) is 0 Å². The molecule has 1 unspecified atom stereocenters. The number of hydrogen-bond acceptors (Lipinski definition) is 0. The summed E-state index contributed by atoms with van der Waals surface area (Å²) in [5, 5.41) is 1.38. The van der Waals surface area contributed by atoms with Crippen LogP contribution < -0.4 is 0 Å². The van der Waals surface area contributed by atoms with Gasteiger partial charge >= 0.3 is 0 Å². The van der Waals surface area contributed by atoms with Crippen LogP contribution in [0.5, 0.6) is 0 Å². The van der Waals surface area contributed by atoms with Crippen molar-refractivity contribution in [3.63, 3.8) is 0 Å². The van der Waals surface area contributed by atoms with Gasteiger partial charge in [0.1, 0.15) is 0 Å². The fourth-order valence-electron chi connectivity index (χ4n) is 8.13. The summed E-state index contributed by atoms with van der Waals surface area (Å²) in [4.78, 5) is 0. The standard InChI is InChI=1S/C42H36N2/c1-3-13-29(14-4-1)30-15-11-18-33(27-30)44-40-24-10-7-19-35(40)37-22-12-21-34(42(37)44)31-25-26-41-38(28-31)36-20-8-9-23-39(36)43(41)32-16-5-2-6-17-32/h1-6,8,10,12-17,20,22,24-28,34H,7,9,11,18-19,21,23H2. The Labute approximate surface area is 259 Å². The van der Waals surface area contributed by atoms with Gasteiger partial charge in [-0.25, -0.2) is 0 Å². The topological polar surface area (TPSA) is 9.86 Å². The Hall–Kier alpha value is -4.82. The largest absolute Gasteiger partial charge is 0.316 e. The first-order valence-corrected chi connectivity index (χ1v) is 16.3. The lowest BCUT2D eigenvalue weighted by atomic mass is 9.84. The summed E-state index contributed by atoms with van der Waals surface area (Å²) in [6.45, 7) is 0. The van der Waals surface area contributed by atoms with E-state index in [-0.39, 0.29) is 0 Å². The van der Waals surface area contributed by atoms with Crippen molar-refractivity contribution in [2.24, 2.45) is 0 Å². The van der Waals surface area contributed by atoms with Gasteiger partial charge in [0.25, 0.3) is 0 Å². The van der Waals surface area contributed by atoms with Gasteiger partial charge in [0, 0.05) is 45.3 Å². The fourth-order valence-corrected chi connectivity index (χ4v) is 8.13. The molecule has 0 amide bonds. The van der Waals surface area contributed by atoms with Crippen LogP contribution in [0.1, 0.15) is 82.9 Å². The zero-order valence-corrected chi connectivity index (χ0v) is 25.0. The second kappa shape index (κ2) is 10.4. The predicted octanol–water partition coefficient (Wildman–Crippen LogP) is 10.6. The third kappa shape index (κ3) is 4.01. The number of rotatable bonds is 4. The molecule has 4 aliphatic carbocycles. The maximum atomic E-state index is 2.67. The maximum absolute atomic E-state index is 2.67. The molecule has 2 nitrogen and oxygen atoms in total. The first-order chi connectivity index (χ1) is 21.8. The van der Waals surface area contributed by atoms with Gasteiger partial charge in [-0.05, 0) is 109 Å². The Kier molecular flexibility index (Phi) is 6.07. The molecule has 44 heavy (non-hydrogen) atoms. The van der Waals surface area contributed by atoms with Gasteiger partial charge in [0.15, 0.2) is 0 Å². The zero-order valence-electron chi connectivity index (χ0n) is 25.0. The number of aromatic nitrogens is 2. The van der Waals surface area contributed by atoms with Crippen molar-refractivity contribution < 1.29 is 0 Å². The van der Waals surface area contributed by atoms with Crippen LogP contribution in [0.2, 0.25) is 0 Å². The van der Waals surface area contributed by atoms with E-state index in [2.05, 4.69) is 137 Å². The summed E-state index contributed by atoms with van der Waals surface area (Å²) < 4.78 is 5.17. The Bertz CT molecular complexity index is 2070. The molecule has 4 aliphatic rings. The van der Waals surface area contributed by atoms with Crippen LogP contribution >= 0.6 is 0 Å². The second-order valence-corrected chi connectivity index (χ2v) is 12.6. The van der Waals surface area contributed by atoms with Crippen LogP contribution in [0.4, 0.5) is 0 Å². The summed E-state index contributed by atoms with van der Waals surface area (Å²) in [5.74, 6) is 0.314. The minimum atomic E-state index is 0.314. The van der Waals surface area contributed by atoms with E-state index in [0.29, 0.717) is 5.92 Å². The molecule has 5 aromatic rings. The van der Waals surface area contributed by atoms with Crippen molar-refractivity contribution in [2.75, 3.05) is 0 Å². The zero-order chi connectivity index (χ0) is 29.0. The minimum Gasteiger partial charge on any atom is -0.316 e. The predicted molar refractivity (Wildman–Crippen MR) is 186 cm³/mol. The Balaban J connectivity index is 1.23. The van der Waals surface area contributed by atoms with Gasteiger partial charge in [-0.15, -0.1) is 0 Å². The lowest BCUT2D eigenvalue weighted by Crippen LogP contribution is -2.14. The number of allylic oxidation sites excluding steroid dienone is 7. The highest BCUT2D eigenvalue weighted by Gasteiger charge is 2.32. The molecule has 2 heterocycles. The quantitative estimate of drug-likeness (QED) is 0.204. The molecule has 0 N–H and O–H groups in total. The third-order valence-corrected chi connectivity index (χ3v) is 10.1. The van der Waals surface area contributed by atoms with E-state index in [0.717, 1.165) is 44.9 Å². The SMILES string of the molecule is C1=Cc2c(c3c(n2C2=CC(c4ccccc4)=CCC2)C(c2ccc4c(c2)c2c(n4-c4ccccc4)CCC=C2)CC=C3)CC1. The smallest absolute Gasteiger partial charge is 0.0537 e. The molecule has 2 aromatic heterocycles. The van der Waals surface area contributed by atoms with E-state index in [4.69, 9.17) is 0 Å². The molecule has 0 spiro atoms. The highest BCUT2D eigenvalue weighted by Crippen LogP contribution is 2.46. The first-order valence-electron chi connectivity index (χ1n) is 16.3. The van der Waals surface area contributed by atoms with Crippen molar-refractivity contribution in [1.82, 2.24) is 9.13 Å². The van der Waals surface area contributed by atoms with E-state index in [1.54, 1.807) is 0 Å². The van der Waals surface area contributed by atoms with Crippen LogP contribution in [0, 0.1) is 0 Å². The molecule has 0 fully saturated rings.